The molecule has 0 unspecified atom stereocenters. The number of amidine groups is 1. The van der Waals surface area contributed by atoms with Crippen molar-refractivity contribution in [3.05, 3.63) is 28.8 Å². The molecule has 3 rings (SSSR count). The SMILES string of the molecule is Clc1cccc2c1CN1CCCCC1=N2. The molecule has 2 aliphatic rings. The maximum atomic E-state index is 6.18. The lowest BCUT2D eigenvalue weighted by Gasteiger charge is -2.34. The van der Waals surface area contributed by atoms with Crippen LogP contribution >= 0.6 is 11.6 Å². The van der Waals surface area contributed by atoms with Gasteiger partial charge in [-0.05, 0) is 25.0 Å². The molecule has 3 heteroatoms. The molecule has 0 aliphatic carbocycles. The van der Waals surface area contributed by atoms with Gasteiger partial charge in [0.05, 0.1) is 5.69 Å². The third-order valence-corrected chi connectivity index (χ3v) is 3.49. The summed E-state index contributed by atoms with van der Waals surface area (Å²) in [6, 6.07) is 5.98. The second-order valence-corrected chi connectivity index (χ2v) is 4.55. The Balaban J connectivity index is 2.07. The number of fused-ring (bicyclic) bond motifs is 2. The average Bonchev–Trinajstić information content (AvgIpc) is 2.27. The fourth-order valence-electron chi connectivity index (χ4n) is 2.31. The first-order valence-electron chi connectivity index (χ1n) is 5.44. The highest BCUT2D eigenvalue weighted by atomic mass is 35.5. The van der Waals surface area contributed by atoms with Crippen molar-refractivity contribution in [2.75, 3.05) is 6.54 Å². The van der Waals surface area contributed by atoms with Crippen molar-refractivity contribution >= 4 is 23.1 Å². The summed E-state index contributed by atoms with van der Waals surface area (Å²) in [7, 11) is 0. The molecule has 1 saturated heterocycles. The molecule has 0 radical (unpaired) electrons. The van der Waals surface area contributed by atoms with E-state index in [0.29, 0.717) is 0 Å². The summed E-state index contributed by atoms with van der Waals surface area (Å²) in [5.74, 6) is 1.25. The molecule has 2 heterocycles. The zero-order chi connectivity index (χ0) is 10.3. The number of nitrogens with zero attached hydrogens (tertiary/aromatic N) is 2. The molecule has 1 fully saturated rings. The van der Waals surface area contributed by atoms with E-state index >= 15 is 0 Å². The molecule has 0 atom stereocenters. The average molecular weight is 221 g/mol. The van der Waals surface area contributed by atoms with Crippen molar-refractivity contribution in [2.24, 2.45) is 4.99 Å². The van der Waals surface area contributed by atoms with Crippen molar-refractivity contribution in [1.29, 1.82) is 0 Å². The third kappa shape index (κ3) is 1.53. The lowest BCUT2D eigenvalue weighted by molar-refractivity contribution is 0.359. The van der Waals surface area contributed by atoms with Crippen LogP contribution in [0.25, 0.3) is 0 Å². The second kappa shape index (κ2) is 3.53. The van der Waals surface area contributed by atoms with Crippen LogP contribution in [0.2, 0.25) is 5.02 Å². The smallest absolute Gasteiger partial charge is 0.105 e. The van der Waals surface area contributed by atoms with Crippen LogP contribution < -0.4 is 0 Å². The first-order valence-corrected chi connectivity index (χ1v) is 5.82. The van der Waals surface area contributed by atoms with Crippen molar-refractivity contribution in [1.82, 2.24) is 4.90 Å². The molecule has 1 aromatic rings. The molecule has 0 aromatic heterocycles. The van der Waals surface area contributed by atoms with E-state index in [-0.39, 0.29) is 0 Å². The van der Waals surface area contributed by atoms with Crippen LogP contribution in [-0.4, -0.2) is 17.3 Å². The summed E-state index contributed by atoms with van der Waals surface area (Å²) in [5.41, 5.74) is 2.25. The topological polar surface area (TPSA) is 15.6 Å². The van der Waals surface area contributed by atoms with Crippen LogP contribution in [0, 0.1) is 0 Å². The molecule has 0 bridgehead atoms. The summed E-state index contributed by atoms with van der Waals surface area (Å²) in [4.78, 5) is 7.05. The molecule has 15 heavy (non-hydrogen) atoms. The predicted molar refractivity (Wildman–Crippen MR) is 62.8 cm³/mol. The van der Waals surface area contributed by atoms with E-state index in [1.165, 1.54) is 24.2 Å². The fraction of sp³-hybridized carbons (Fsp3) is 0.417. The van der Waals surface area contributed by atoms with Gasteiger partial charge in [-0.15, -0.1) is 0 Å². The van der Waals surface area contributed by atoms with E-state index in [2.05, 4.69) is 16.0 Å². The Morgan fingerprint density at radius 3 is 3.13 bits per heavy atom. The number of rotatable bonds is 0. The number of aliphatic imine (C=N–C) groups is 1. The highest BCUT2D eigenvalue weighted by Gasteiger charge is 2.23. The molecule has 78 valence electrons. The van der Waals surface area contributed by atoms with Gasteiger partial charge in [0.2, 0.25) is 0 Å². The highest BCUT2D eigenvalue weighted by Crippen LogP contribution is 2.33. The molecular formula is C12H13ClN2. The monoisotopic (exact) mass is 220 g/mol. The Bertz CT molecular complexity index is 426. The standard InChI is InChI=1S/C12H13ClN2/c13-10-4-3-5-11-9(10)8-15-7-2-1-6-12(15)14-11/h3-5H,1-2,6-8H2. The number of piperidine rings is 1. The molecule has 0 spiro atoms. The van der Waals surface area contributed by atoms with Crippen molar-refractivity contribution in [2.45, 2.75) is 25.8 Å². The van der Waals surface area contributed by atoms with Gasteiger partial charge in [0, 0.05) is 30.1 Å². The van der Waals surface area contributed by atoms with Crippen LogP contribution in [0.5, 0.6) is 0 Å². The Kier molecular flexibility index (Phi) is 2.17. The van der Waals surface area contributed by atoms with Gasteiger partial charge >= 0.3 is 0 Å². The van der Waals surface area contributed by atoms with Gasteiger partial charge in [0.15, 0.2) is 0 Å². The lowest BCUT2D eigenvalue weighted by Crippen LogP contribution is -2.36. The van der Waals surface area contributed by atoms with Gasteiger partial charge in [-0.25, -0.2) is 4.99 Å². The third-order valence-electron chi connectivity index (χ3n) is 3.14. The number of hydrogen-bond acceptors (Lipinski definition) is 2. The predicted octanol–water partition coefficient (Wildman–Crippen LogP) is 3.37. The minimum absolute atomic E-state index is 0.848. The number of halogens is 1. The van der Waals surface area contributed by atoms with Crippen molar-refractivity contribution in [3.8, 4) is 0 Å². The van der Waals surface area contributed by atoms with Crippen LogP contribution in [0.3, 0.4) is 0 Å². The van der Waals surface area contributed by atoms with Crippen molar-refractivity contribution in [3.63, 3.8) is 0 Å². The van der Waals surface area contributed by atoms with Crippen LogP contribution in [0.4, 0.5) is 5.69 Å². The highest BCUT2D eigenvalue weighted by molar-refractivity contribution is 6.31. The molecule has 2 nitrogen and oxygen atoms in total. The Morgan fingerprint density at radius 1 is 1.27 bits per heavy atom. The minimum atomic E-state index is 0.848. The number of hydrogen-bond donors (Lipinski definition) is 0. The maximum absolute atomic E-state index is 6.18. The first kappa shape index (κ1) is 9.22. The zero-order valence-electron chi connectivity index (χ0n) is 8.54. The number of benzene rings is 1. The molecular weight excluding hydrogens is 208 g/mol. The van der Waals surface area contributed by atoms with Crippen molar-refractivity contribution < 1.29 is 0 Å². The van der Waals surface area contributed by atoms with Crippen LogP contribution in [-0.2, 0) is 6.54 Å². The van der Waals surface area contributed by atoms with Gasteiger partial charge in [-0.2, -0.15) is 0 Å². The van der Waals surface area contributed by atoms with E-state index in [9.17, 15) is 0 Å². The minimum Gasteiger partial charge on any atom is -0.356 e. The maximum Gasteiger partial charge on any atom is 0.105 e. The van der Waals surface area contributed by atoms with Gasteiger partial charge in [0.25, 0.3) is 0 Å². The molecule has 0 amide bonds. The van der Waals surface area contributed by atoms with E-state index < -0.39 is 0 Å². The lowest BCUT2D eigenvalue weighted by atomic mass is 10.0. The largest absolute Gasteiger partial charge is 0.356 e. The summed E-state index contributed by atoms with van der Waals surface area (Å²) < 4.78 is 0. The van der Waals surface area contributed by atoms with Gasteiger partial charge in [-0.1, -0.05) is 17.7 Å². The Labute approximate surface area is 94.6 Å². The summed E-state index contributed by atoms with van der Waals surface area (Å²) in [6.07, 6.45) is 3.66. The summed E-state index contributed by atoms with van der Waals surface area (Å²) >= 11 is 6.18. The van der Waals surface area contributed by atoms with Gasteiger partial charge in [0.1, 0.15) is 5.84 Å². The zero-order valence-corrected chi connectivity index (χ0v) is 9.30. The molecule has 0 N–H and O–H groups in total. The summed E-state index contributed by atoms with van der Waals surface area (Å²) in [5, 5.41) is 0.848. The van der Waals surface area contributed by atoms with Crippen LogP contribution in [0.15, 0.2) is 23.2 Å². The quantitative estimate of drug-likeness (QED) is 0.655. The van der Waals surface area contributed by atoms with E-state index in [0.717, 1.165) is 30.2 Å². The molecule has 0 saturated carbocycles. The molecule has 1 aromatic carbocycles. The molecule has 2 aliphatic heterocycles. The van der Waals surface area contributed by atoms with Gasteiger partial charge in [-0.3, -0.25) is 0 Å². The Hall–Kier alpha value is -1.02. The van der Waals surface area contributed by atoms with E-state index in [1.807, 2.05) is 12.1 Å². The fourth-order valence-corrected chi connectivity index (χ4v) is 2.54. The second-order valence-electron chi connectivity index (χ2n) is 4.14. The normalized spacial score (nSPS) is 19.3. The van der Waals surface area contributed by atoms with Gasteiger partial charge < -0.3 is 4.90 Å². The van der Waals surface area contributed by atoms with E-state index in [4.69, 9.17) is 11.6 Å². The first-order chi connectivity index (χ1) is 7.34. The van der Waals surface area contributed by atoms with Crippen LogP contribution in [0.1, 0.15) is 24.8 Å². The van der Waals surface area contributed by atoms with E-state index in [1.54, 1.807) is 0 Å². The Morgan fingerprint density at radius 2 is 2.20 bits per heavy atom. The summed E-state index contributed by atoms with van der Waals surface area (Å²) in [6.45, 7) is 2.07.